The predicted octanol–water partition coefficient (Wildman–Crippen LogP) is -4.36. The summed E-state index contributed by atoms with van der Waals surface area (Å²) in [4.78, 5) is 47.4. The van der Waals surface area contributed by atoms with Gasteiger partial charge in [-0.2, -0.15) is 0 Å². The lowest BCUT2D eigenvalue weighted by molar-refractivity contribution is -0.138. The zero-order valence-electron chi connectivity index (χ0n) is 17.1. The van der Waals surface area contributed by atoms with E-state index in [-0.39, 0.29) is 44.4 Å². The first-order chi connectivity index (χ1) is 14.6. The molecule has 0 aromatic heterocycles. The molecule has 176 valence electrons. The number of nitrogens with two attached hydrogens (primary N) is 3. The minimum Gasteiger partial charge on any atom is -0.480 e. The van der Waals surface area contributed by atoms with E-state index in [4.69, 9.17) is 33.1 Å². The maximum Gasteiger partial charge on any atom is 0.322 e. The lowest BCUT2D eigenvalue weighted by Crippen LogP contribution is -2.55. The molecule has 0 aliphatic carbocycles. The van der Waals surface area contributed by atoms with Gasteiger partial charge in [-0.05, 0) is 25.7 Å². The van der Waals surface area contributed by atoms with Gasteiger partial charge in [-0.1, -0.05) is 0 Å². The van der Waals surface area contributed by atoms with Crippen LogP contribution in [0.15, 0.2) is 0 Å². The molecule has 0 fully saturated rings. The average molecular weight is 444 g/mol. The van der Waals surface area contributed by atoms with Crippen molar-refractivity contribution < 1.29 is 24.3 Å². The molecule has 0 radical (unpaired) electrons. The van der Waals surface area contributed by atoms with E-state index in [1.165, 1.54) is 0 Å². The first kappa shape index (κ1) is 27.4. The molecule has 0 heterocycles. The van der Waals surface area contributed by atoms with Gasteiger partial charge in [-0.15, -0.1) is 0 Å². The van der Waals surface area contributed by atoms with Crippen LogP contribution in [-0.4, -0.2) is 79.0 Å². The third kappa shape index (κ3) is 14.1. The van der Waals surface area contributed by atoms with Crippen molar-refractivity contribution in [3.63, 3.8) is 0 Å². The monoisotopic (exact) mass is 444 g/mol. The molecule has 0 aliphatic rings. The molecule has 3 amide bonds. The second-order valence-corrected chi connectivity index (χ2v) is 6.46. The Kier molecular flexibility index (Phi) is 13.5. The highest BCUT2D eigenvalue weighted by Crippen LogP contribution is 2.02. The van der Waals surface area contributed by atoms with Crippen LogP contribution < -0.4 is 43.8 Å². The minimum absolute atomic E-state index is 0.126. The SMILES string of the molecule is N=C(N)NCCC[C@H](NC(=O)CN)C(=O)N[C@@H](CCCNC(=N)N)C(=O)NCC(=O)O. The summed E-state index contributed by atoms with van der Waals surface area (Å²) < 4.78 is 0. The van der Waals surface area contributed by atoms with Crippen LogP contribution in [-0.2, 0) is 19.2 Å². The van der Waals surface area contributed by atoms with Crippen molar-refractivity contribution in [1.82, 2.24) is 26.6 Å². The molecular weight excluding hydrogens is 412 g/mol. The lowest BCUT2D eigenvalue weighted by Gasteiger charge is -2.23. The number of nitrogens with one attached hydrogen (secondary N) is 7. The van der Waals surface area contributed by atoms with Gasteiger partial charge in [-0.3, -0.25) is 30.0 Å². The van der Waals surface area contributed by atoms with Gasteiger partial charge in [0.05, 0.1) is 6.54 Å². The van der Waals surface area contributed by atoms with Crippen LogP contribution in [0.5, 0.6) is 0 Å². The van der Waals surface area contributed by atoms with E-state index in [9.17, 15) is 19.2 Å². The Hall–Kier alpha value is -3.62. The van der Waals surface area contributed by atoms with Crippen molar-refractivity contribution in [1.29, 1.82) is 10.8 Å². The Labute approximate surface area is 179 Å². The first-order valence-electron chi connectivity index (χ1n) is 9.51. The number of guanidine groups is 2. The zero-order valence-corrected chi connectivity index (χ0v) is 17.1. The van der Waals surface area contributed by atoms with Crippen LogP contribution in [0.3, 0.4) is 0 Å². The number of hydrogen-bond acceptors (Lipinski definition) is 7. The van der Waals surface area contributed by atoms with E-state index in [1.54, 1.807) is 0 Å². The van der Waals surface area contributed by atoms with E-state index in [1.807, 2.05) is 0 Å². The summed E-state index contributed by atoms with van der Waals surface area (Å²) in [5, 5.41) is 35.3. The topological polar surface area (TPSA) is 274 Å². The minimum atomic E-state index is -1.25. The Morgan fingerprint density at radius 2 is 1.29 bits per heavy atom. The van der Waals surface area contributed by atoms with Gasteiger partial charge >= 0.3 is 5.97 Å². The molecule has 0 aliphatic heterocycles. The highest BCUT2D eigenvalue weighted by atomic mass is 16.4. The number of carbonyl (C=O) groups is 4. The number of carboxylic acid groups (broad SMARTS) is 1. The Bertz CT molecular complexity index is 657. The van der Waals surface area contributed by atoms with Crippen LogP contribution in [0.25, 0.3) is 0 Å². The molecule has 15 nitrogen and oxygen atoms in total. The van der Waals surface area contributed by atoms with Gasteiger partial charge in [0, 0.05) is 13.1 Å². The largest absolute Gasteiger partial charge is 0.480 e. The third-order valence-corrected chi connectivity index (χ3v) is 3.85. The molecule has 0 spiro atoms. The molecule has 15 heteroatoms. The average Bonchev–Trinajstić information content (AvgIpc) is 2.69. The summed E-state index contributed by atoms with van der Waals surface area (Å²) in [6.07, 6.45) is 1.02. The lowest BCUT2D eigenvalue weighted by atomic mass is 10.1. The van der Waals surface area contributed by atoms with Crippen LogP contribution in [0, 0.1) is 10.8 Å². The molecule has 0 aromatic rings. The van der Waals surface area contributed by atoms with E-state index in [0.717, 1.165) is 0 Å². The fourth-order valence-corrected chi connectivity index (χ4v) is 2.41. The fourth-order valence-electron chi connectivity index (χ4n) is 2.41. The summed E-state index contributed by atoms with van der Waals surface area (Å²) in [7, 11) is 0. The number of aliphatic carboxylic acids is 1. The first-order valence-corrected chi connectivity index (χ1v) is 9.51. The van der Waals surface area contributed by atoms with Crippen LogP contribution >= 0.6 is 0 Å². The molecule has 0 aromatic carbocycles. The fraction of sp³-hybridized carbons (Fsp3) is 0.625. The van der Waals surface area contributed by atoms with Gasteiger partial charge in [0.2, 0.25) is 17.7 Å². The highest BCUT2D eigenvalue weighted by molar-refractivity contribution is 5.93. The summed E-state index contributed by atoms with van der Waals surface area (Å²) in [5.41, 5.74) is 15.7. The summed E-state index contributed by atoms with van der Waals surface area (Å²) in [6.45, 7) is -0.412. The molecular formula is C16H32N10O5. The molecule has 31 heavy (non-hydrogen) atoms. The Morgan fingerprint density at radius 3 is 1.71 bits per heavy atom. The van der Waals surface area contributed by atoms with Crippen LogP contribution in [0.4, 0.5) is 0 Å². The van der Waals surface area contributed by atoms with E-state index in [0.29, 0.717) is 12.8 Å². The maximum absolute atomic E-state index is 12.7. The standard InChI is InChI=1S/C16H32N10O5/c17-7-11(27)25-10(4-2-6-23-16(20)21)14(31)26-9(3-1-5-22-15(18)19)13(30)24-8-12(28)29/h9-10H,1-8,17H2,(H,24,30)(H,25,27)(H,26,31)(H,28,29)(H4,18,19,22)(H4,20,21,23)/t9-,10-/m0/s1. The smallest absolute Gasteiger partial charge is 0.322 e. The predicted molar refractivity (Wildman–Crippen MR) is 112 cm³/mol. The van der Waals surface area contributed by atoms with Gasteiger partial charge in [0.15, 0.2) is 11.9 Å². The number of rotatable bonds is 15. The van der Waals surface area contributed by atoms with Gasteiger partial charge in [0.1, 0.15) is 18.6 Å². The zero-order chi connectivity index (χ0) is 23.8. The van der Waals surface area contributed by atoms with Crippen molar-refractivity contribution in [2.75, 3.05) is 26.2 Å². The molecule has 0 saturated heterocycles. The van der Waals surface area contributed by atoms with Gasteiger partial charge < -0.3 is 48.9 Å². The second-order valence-electron chi connectivity index (χ2n) is 6.46. The number of amides is 3. The van der Waals surface area contributed by atoms with Crippen molar-refractivity contribution in [2.45, 2.75) is 37.8 Å². The number of carbonyl (C=O) groups excluding carboxylic acids is 3. The van der Waals surface area contributed by atoms with Crippen LogP contribution in [0.2, 0.25) is 0 Å². The maximum atomic E-state index is 12.7. The third-order valence-electron chi connectivity index (χ3n) is 3.85. The molecule has 0 saturated carbocycles. The van der Waals surface area contributed by atoms with Gasteiger partial charge in [0.25, 0.3) is 0 Å². The summed E-state index contributed by atoms with van der Waals surface area (Å²) >= 11 is 0. The van der Waals surface area contributed by atoms with Crippen LogP contribution in [0.1, 0.15) is 25.7 Å². The van der Waals surface area contributed by atoms with E-state index in [2.05, 4.69) is 26.6 Å². The van der Waals surface area contributed by atoms with Gasteiger partial charge in [-0.25, -0.2) is 0 Å². The Balaban J connectivity index is 5.09. The Morgan fingerprint density at radius 1 is 0.806 bits per heavy atom. The van der Waals surface area contributed by atoms with E-state index >= 15 is 0 Å². The molecule has 0 unspecified atom stereocenters. The molecule has 0 bridgehead atoms. The highest BCUT2D eigenvalue weighted by Gasteiger charge is 2.26. The normalized spacial score (nSPS) is 12.0. The van der Waals surface area contributed by atoms with Crippen molar-refractivity contribution in [3.05, 3.63) is 0 Å². The number of hydrogen-bond donors (Lipinski definition) is 11. The second kappa shape index (κ2) is 15.3. The summed E-state index contributed by atoms with van der Waals surface area (Å²) in [6, 6.07) is -2.08. The van der Waals surface area contributed by atoms with Crippen molar-refractivity contribution in [2.24, 2.45) is 17.2 Å². The van der Waals surface area contributed by atoms with Crippen molar-refractivity contribution in [3.8, 4) is 0 Å². The quantitative estimate of drug-likeness (QED) is 0.0655. The molecule has 14 N–H and O–H groups in total. The molecule has 0 rings (SSSR count). The molecule has 2 atom stereocenters. The summed E-state index contributed by atoms with van der Waals surface area (Å²) in [5.74, 6) is -3.67. The van der Waals surface area contributed by atoms with Crippen molar-refractivity contribution >= 4 is 35.6 Å². The van der Waals surface area contributed by atoms with E-state index < -0.39 is 42.3 Å². The number of carboxylic acids is 1.